The number of imidazole rings is 1. The van der Waals surface area contributed by atoms with Gasteiger partial charge in [0.05, 0.1) is 21.7 Å². The Morgan fingerprint density at radius 2 is 2.07 bits per heavy atom. The molecule has 1 amide bonds. The van der Waals surface area contributed by atoms with Gasteiger partial charge >= 0.3 is 0 Å². The molecule has 0 bridgehead atoms. The van der Waals surface area contributed by atoms with Crippen molar-refractivity contribution in [3.63, 3.8) is 0 Å². The number of nitro benzene ring substituents is 1. The number of halogens is 2. The fraction of sp³-hybridized carbons (Fsp3) is 0.176. The van der Waals surface area contributed by atoms with E-state index in [1.54, 1.807) is 11.0 Å². The molecule has 1 aliphatic heterocycles. The number of H-pyrrole nitrogens is 1. The minimum absolute atomic E-state index is 0.000774. The Morgan fingerprint density at radius 1 is 1.30 bits per heavy atom. The molecule has 4 rings (SSSR count). The van der Waals surface area contributed by atoms with Crippen molar-refractivity contribution < 1.29 is 18.5 Å². The van der Waals surface area contributed by atoms with Gasteiger partial charge in [-0.1, -0.05) is 11.8 Å². The van der Waals surface area contributed by atoms with Crippen LogP contribution in [0.25, 0.3) is 11.0 Å². The molecule has 27 heavy (non-hydrogen) atoms. The van der Waals surface area contributed by atoms with E-state index in [2.05, 4.69) is 9.97 Å². The lowest BCUT2D eigenvalue weighted by atomic mass is 10.1. The number of hydrogen-bond donors (Lipinski definition) is 1. The molecule has 2 aromatic carbocycles. The van der Waals surface area contributed by atoms with Gasteiger partial charge in [-0.2, -0.15) is 0 Å². The van der Waals surface area contributed by atoms with E-state index in [1.165, 1.54) is 12.1 Å². The van der Waals surface area contributed by atoms with Crippen molar-refractivity contribution in [2.75, 3.05) is 17.2 Å². The summed E-state index contributed by atoms with van der Waals surface area (Å²) < 4.78 is 26.5. The van der Waals surface area contributed by atoms with Crippen molar-refractivity contribution in [2.24, 2.45) is 0 Å². The summed E-state index contributed by atoms with van der Waals surface area (Å²) in [5, 5.41) is 11.2. The second-order valence-corrected chi connectivity index (χ2v) is 6.94. The number of fused-ring (bicyclic) bond motifs is 2. The van der Waals surface area contributed by atoms with E-state index < -0.39 is 16.6 Å². The zero-order chi connectivity index (χ0) is 19.1. The van der Waals surface area contributed by atoms with Gasteiger partial charge in [-0.25, -0.2) is 13.8 Å². The first kappa shape index (κ1) is 17.4. The lowest BCUT2D eigenvalue weighted by Gasteiger charge is -2.16. The summed E-state index contributed by atoms with van der Waals surface area (Å²) in [6.07, 6.45) is 0.552. The van der Waals surface area contributed by atoms with Gasteiger partial charge in [0.2, 0.25) is 5.91 Å². The van der Waals surface area contributed by atoms with Crippen LogP contribution in [-0.2, 0) is 11.2 Å². The van der Waals surface area contributed by atoms with E-state index in [0.29, 0.717) is 29.3 Å². The molecule has 0 fully saturated rings. The molecule has 0 unspecified atom stereocenters. The molecule has 1 aliphatic rings. The Bertz CT molecular complexity index is 1050. The molecule has 3 aromatic rings. The highest BCUT2D eigenvalue weighted by atomic mass is 32.2. The number of nitrogens with one attached hydrogen (secondary N) is 1. The molecular formula is C17H12F2N4O3S. The monoisotopic (exact) mass is 390 g/mol. The van der Waals surface area contributed by atoms with E-state index in [-0.39, 0.29) is 22.9 Å². The molecule has 7 nitrogen and oxygen atoms in total. The second-order valence-electron chi connectivity index (χ2n) is 5.98. The Kier molecular flexibility index (Phi) is 4.27. The van der Waals surface area contributed by atoms with Crippen LogP contribution in [0.3, 0.4) is 0 Å². The third-order valence-electron chi connectivity index (χ3n) is 4.31. The average molecular weight is 390 g/mol. The molecule has 2 heterocycles. The van der Waals surface area contributed by atoms with Gasteiger partial charge in [0.1, 0.15) is 0 Å². The maximum atomic E-state index is 13.3. The summed E-state index contributed by atoms with van der Waals surface area (Å²) in [4.78, 5) is 31.5. The largest absolute Gasteiger partial charge is 0.333 e. The number of carbonyl (C=O) groups excluding carboxylic acids is 1. The van der Waals surface area contributed by atoms with Gasteiger partial charge in [0.15, 0.2) is 16.8 Å². The molecule has 138 valence electrons. The molecule has 0 radical (unpaired) electrons. The number of anilines is 1. The highest BCUT2D eigenvalue weighted by Crippen LogP contribution is 2.32. The van der Waals surface area contributed by atoms with Gasteiger partial charge in [-0.3, -0.25) is 14.9 Å². The van der Waals surface area contributed by atoms with Crippen LogP contribution in [-0.4, -0.2) is 33.1 Å². The fourth-order valence-corrected chi connectivity index (χ4v) is 3.78. The van der Waals surface area contributed by atoms with Crippen LogP contribution in [0.1, 0.15) is 5.56 Å². The molecule has 0 saturated carbocycles. The summed E-state index contributed by atoms with van der Waals surface area (Å²) in [7, 11) is 0. The van der Waals surface area contributed by atoms with Gasteiger partial charge in [0, 0.05) is 36.5 Å². The number of aromatic nitrogens is 2. The third-order valence-corrected chi connectivity index (χ3v) is 5.16. The second kappa shape index (κ2) is 6.62. The van der Waals surface area contributed by atoms with Crippen molar-refractivity contribution in [1.29, 1.82) is 0 Å². The van der Waals surface area contributed by atoms with Gasteiger partial charge < -0.3 is 9.88 Å². The quantitative estimate of drug-likeness (QED) is 0.419. The maximum absolute atomic E-state index is 13.3. The number of thioether (sulfide) groups is 1. The van der Waals surface area contributed by atoms with E-state index in [1.807, 2.05) is 0 Å². The smallest absolute Gasteiger partial charge is 0.269 e. The molecular weight excluding hydrogens is 378 g/mol. The number of amides is 1. The standard InChI is InChI=1S/C17H12F2N4O3S/c18-11-6-13-14(7-12(11)19)21-17(20-13)27-8-16(24)22-4-3-9-5-10(23(25)26)1-2-15(9)22/h1-2,5-7H,3-4,8H2,(H,20,21). The number of nitrogens with zero attached hydrogens (tertiary/aromatic N) is 3. The molecule has 10 heteroatoms. The molecule has 0 spiro atoms. The number of rotatable bonds is 4. The van der Waals surface area contributed by atoms with E-state index >= 15 is 0 Å². The number of aromatic amines is 1. The zero-order valence-electron chi connectivity index (χ0n) is 13.7. The van der Waals surface area contributed by atoms with Crippen LogP contribution < -0.4 is 4.90 Å². The Hall–Kier alpha value is -3.01. The van der Waals surface area contributed by atoms with E-state index in [4.69, 9.17) is 0 Å². The first-order valence-electron chi connectivity index (χ1n) is 7.97. The molecule has 0 atom stereocenters. The summed E-state index contributed by atoms with van der Waals surface area (Å²) in [5.74, 6) is -2.06. The van der Waals surface area contributed by atoms with Crippen LogP contribution in [0.2, 0.25) is 0 Å². The number of hydrogen-bond acceptors (Lipinski definition) is 5. The number of non-ortho nitro benzene ring substituents is 1. The first-order chi connectivity index (χ1) is 12.9. The van der Waals surface area contributed by atoms with Crippen LogP contribution in [0, 0.1) is 21.7 Å². The highest BCUT2D eigenvalue weighted by Gasteiger charge is 2.26. The Morgan fingerprint density at radius 3 is 2.85 bits per heavy atom. The highest BCUT2D eigenvalue weighted by molar-refractivity contribution is 7.99. The summed E-state index contributed by atoms with van der Waals surface area (Å²) >= 11 is 1.12. The fourth-order valence-electron chi connectivity index (χ4n) is 3.02. The van der Waals surface area contributed by atoms with Crippen molar-refractivity contribution in [3.8, 4) is 0 Å². The van der Waals surface area contributed by atoms with Gasteiger partial charge in [0.25, 0.3) is 5.69 Å². The van der Waals surface area contributed by atoms with Crippen LogP contribution in [0.15, 0.2) is 35.5 Å². The van der Waals surface area contributed by atoms with Crippen LogP contribution >= 0.6 is 11.8 Å². The Balaban J connectivity index is 1.47. The molecule has 0 aliphatic carbocycles. The average Bonchev–Trinajstić information content (AvgIpc) is 3.23. The minimum atomic E-state index is -0.982. The molecule has 0 saturated heterocycles. The predicted molar refractivity (Wildman–Crippen MR) is 95.9 cm³/mol. The SMILES string of the molecule is O=C(CSc1nc2cc(F)c(F)cc2[nH]1)N1CCc2cc([N+](=O)[O-])ccc21. The van der Waals surface area contributed by atoms with Crippen molar-refractivity contribution >= 4 is 40.1 Å². The van der Waals surface area contributed by atoms with Crippen LogP contribution in [0.5, 0.6) is 0 Å². The third kappa shape index (κ3) is 3.23. The normalized spacial score (nSPS) is 13.2. The van der Waals surface area contributed by atoms with Crippen molar-refractivity contribution in [2.45, 2.75) is 11.6 Å². The molecule has 1 N–H and O–H groups in total. The van der Waals surface area contributed by atoms with Crippen molar-refractivity contribution in [3.05, 3.63) is 57.6 Å². The van der Waals surface area contributed by atoms with E-state index in [0.717, 1.165) is 29.5 Å². The lowest BCUT2D eigenvalue weighted by Crippen LogP contribution is -2.30. The van der Waals surface area contributed by atoms with E-state index in [9.17, 15) is 23.7 Å². The number of carbonyl (C=O) groups is 1. The minimum Gasteiger partial charge on any atom is -0.333 e. The first-order valence-corrected chi connectivity index (χ1v) is 8.96. The van der Waals surface area contributed by atoms with Crippen molar-refractivity contribution in [1.82, 2.24) is 9.97 Å². The maximum Gasteiger partial charge on any atom is 0.269 e. The number of benzene rings is 2. The predicted octanol–water partition coefficient (Wildman–Crippen LogP) is 3.43. The summed E-state index contributed by atoms with van der Waals surface area (Å²) in [5.41, 5.74) is 2.06. The Labute approximate surface area is 155 Å². The summed E-state index contributed by atoms with van der Waals surface area (Å²) in [6.45, 7) is 0.451. The summed E-state index contributed by atoms with van der Waals surface area (Å²) in [6, 6.07) is 6.46. The number of nitro groups is 1. The van der Waals surface area contributed by atoms with Gasteiger partial charge in [-0.05, 0) is 18.1 Å². The topological polar surface area (TPSA) is 92.1 Å². The lowest BCUT2D eigenvalue weighted by molar-refractivity contribution is -0.384. The molecule has 1 aromatic heterocycles. The zero-order valence-corrected chi connectivity index (χ0v) is 14.6. The van der Waals surface area contributed by atoms with Crippen LogP contribution in [0.4, 0.5) is 20.2 Å². The van der Waals surface area contributed by atoms with Gasteiger partial charge in [-0.15, -0.1) is 0 Å².